The first-order valence-electron chi connectivity index (χ1n) is 5.48. The number of hydrogen-bond acceptors (Lipinski definition) is 4. The minimum Gasteiger partial charge on any atom is -0.329 e. The molecule has 1 unspecified atom stereocenters. The fraction of sp³-hybridized carbons (Fsp3) is 0.333. The van der Waals surface area contributed by atoms with Crippen LogP contribution in [0.3, 0.4) is 0 Å². The second-order valence-electron chi connectivity index (χ2n) is 3.92. The van der Waals surface area contributed by atoms with E-state index in [1.165, 1.54) is 11.1 Å². The van der Waals surface area contributed by atoms with Crippen molar-refractivity contribution in [1.82, 2.24) is 14.8 Å². The molecule has 2 rings (SSSR count). The highest BCUT2D eigenvalue weighted by Crippen LogP contribution is 2.32. The Kier molecular flexibility index (Phi) is 3.81. The van der Waals surface area contributed by atoms with Crippen LogP contribution in [0.25, 0.3) is 0 Å². The van der Waals surface area contributed by atoms with Crippen molar-refractivity contribution in [2.24, 2.45) is 12.8 Å². The summed E-state index contributed by atoms with van der Waals surface area (Å²) in [7, 11) is 1.89. The van der Waals surface area contributed by atoms with Crippen molar-refractivity contribution in [3.05, 3.63) is 41.7 Å². The van der Waals surface area contributed by atoms with Crippen molar-refractivity contribution in [2.45, 2.75) is 17.3 Å². The summed E-state index contributed by atoms with van der Waals surface area (Å²) in [6.45, 7) is 2.67. The fourth-order valence-corrected chi connectivity index (χ4v) is 2.58. The summed E-state index contributed by atoms with van der Waals surface area (Å²) < 4.78 is 1.77. The Balaban J connectivity index is 2.20. The summed E-state index contributed by atoms with van der Waals surface area (Å²) in [5, 5.41) is 5.17. The van der Waals surface area contributed by atoms with Gasteiger partial charge in [-0.1, -0.05) is 41.6 Å². The molecule has 0 amide bonds. The molecule has 1 aromatic carbocycles. The smallest absolute Gasteiger partial charge is 0.186 e. The Morgan fingerprint density at radius 1 is 1.47 bits per heavy atom. The SMILES string of the molecule is Cc1cccc(C(CN)Sc2ncnn2C)c1. The van der Waals surface area contributed by atoms with E-state index in [-0.39, 0.29) is 5.25 Å². The maximum atomic E-state index is 5.84. The molecule has 0 saturated carbocycles. The van der Waals surface area contributed by atoms with Crippen LogP contribution in [0.4, 0.5) is 0 Å². The number of aryl methyl sites for hydroxylation is 2. The van der Waals surface area contributed by atoms with Crippen molar-refractivity contribution >= 4 is 11.8 Å². The van der Waals surface area contributed by atoms with E-state index in [2.05, 4.69) is 41.3 Å². The molecule has 0 aliphatic heterocycles. The van der Waals surface area contributed by atoms with Crippen LogP contribution < -0.4 is 5.73 Å². The normalized spacial score (nSPS) is 12.6. The molecule has 1 aromatic heterocycles. The molecule has 0 spiro atoms. The lowest BCUT2D eigenvalue weighted by molar-refractivity contribution is 0.682. The molecule has 5 heteroatoms. The van der Waals surface area contributed by atoms with Crippen LogP contribution in [0.1, 0.15) is 16.4 Å². The summed E-state index contributed by atoms with van der Waals surface area (Å²) in [6, 6.07) is 8.42. The van der Waals surface area contributed by atoms with Crippen molar-refractivity contribution in [2.75, 3.05) is 6.54 Å². The maximum Gasteiger partial charge on any atom is 0.186 e. The van der Waals surface area contributed by atoms with Gasteiger partial charge in [0.2, 0.25) is 0 Å². The number of nitrogens with two attached hydrogens (primary N) is 1. The van der Waals surface area contributed by atoms with Gasteiger partial charge in [-0.3, -0.25) is 0 Å². The first-order chi connectivity index (χ1) is 8.20. The van der Waals surface area contributed by atoms with E-state index in [4.69, 9.17) is 5.73 Å². The van der Waals surface area contributed by atoms with E-state index in [1.54, 1.807) is 22.8 Å². The molecule has 0 saturated heterocycles. The molecule has 90 valence electrons. The van der Waals surface area contributed by atoms with Crippen LogP contribution in [0.15, 0.2) is 35.7 Å². The predicted octanol–water partition coefficient (Wildman–Crippen LogP) is 1.92. The van der Waals surface area contributed by atoms with Crippen LogP contribution >= 0.6 is 11.8 Å². The van der Waals surface area contributed by atoms with E-state index in [0.717, 1.165) is 5.16 Å². The number of benzene rings is 1. The molecule has 0 aliphatic carbocycles. The van der Waals surface area contributed by atoms with Crippen molar-refractivity contribution in [1.29, 1.82) is 0 Å². The van der Waals surface area contributed by atoms with Gasteiger partial charge in [-0.15, -0.1) is 0 Å². The average Bonchev–Trinajstić information content (AvgIpc) is 2.71. The summed E-state index contributed by atoms with van der Waals surface area (Å²) in [4.78, 5) is 4.21. The van der Waals surface area contributed by atoms with E-state index >= 15 is 0 Å². The Labute approximate surface area is 105 Å². The topological polar surface area (TPSA) is 56.7 Å². The first-order valence-corrected chi connectivity index (χ1v) is 6.36. The molecule has 2 aromatic rings. The minimum atomic E-state index is 0.220. The van der Waals surface area contributed by atoms with E-state index in [1.807, 2.05) is 7.05 Å². The van der Waals surface area contributed by atoms with Crippen LogP contribution in [0.5, 0.6) is 0 Å². The number of rotatable bonds is 4. The Morgan fingerprint density at radius 3 is 2.88 bits per heavy atom. The van der Waals surface area contributed by atoms with Gasteiger partial charge in [0.1, 0.15) is 6.33 Å². The maximum absolute atomic E-state index is 5.84. The highest BCUT2D eigenvalue weighted by molar-refractivity contribution is 7.99. The second kappa shape index (κ2) is 5.33. The zero-order chi connectivity index (χ0) is 12.3. The van der Waals surface area contributed by atoms with Gasteiger partial charge in [-0.25, -0.2) is 9.67 Å². The van der Waals surface area contributed by atoms with Gasteiger partial charge < -0.3 is 5.73 Å². The minimum absolute atomic E-state index is 0.220. The van der Waals surface area contributed by atoms with E-state index in [9.17, 15) is 0 Å². The Morgan fingerprint density at radius 2 is 2.29 bits per heavy atom. The molecule has 2 N–H and O–H groups in total. The molecule has 0 bridgehead atoms. The van der Waals surface area contributed by atoms with Gasteiger partial charge in [0.25, 0.3) is 0 Å². The van der Waals surface area contributed by atoms with Gasteiger partial charge in [0.05, 0.1) is 0 Å². The fourth-order valence-electron chi connectivity index (χ4n) is 1.64. The predicted molar refractivity (Wildman–Crippen MR) is 69.8 cm³/mol. The molecule has 17 heavy (non-hydrogen) atoms. The van der Waals surface area contributed by atoms with Crippen molar-refractivity contribution in [3.63, 3.8) is 0 Å². The zero-order valence-electron chi connectivity index (χ0n) is 10.00. The van der Waals surface area contributed by atoms with Crippen molar-refractivity contribution < 1.29 is 0 Å². The van der Waals surface area contributed by atoms with E-state index in [0.29, 0.717) is 6.54 Å². The van der Waals surface area contributed by atoms with Gasteiger partial charge >= 0.3 is 0 Å². The Bertz CT molecular complexity index is 495. The number of thioether (sulfide) groups is 1. The van der Waals surface area contributed by atoms with Crippen LogP contribution in [-0.2, 0) is 7.05 Å². The molecule has 4 nitrogen and oxygen atoms in total. The highest BCUT2D eigenvalue weighted by Gasteiger charge is 2.14. The summed E-state index contributed by atoms with van der Waals surface area (Å²) in [5.41, 5.74) is 8.33. The van der Waals surface area contributed by atoms with Crippen LogP contribution in [0, 0.1) is 6.92 Å². The molecular weight excluding hydrogens is 232 g/mol. The van der Waals surface area contributed by atoms with Crippen molar-refractivity contribution in [3.8, 4) is 0 Å². The lowest BCUT2D eigenvalue weighted by atomic mass is 10.1. The van der Waals surface area contributed by atoms with E-state index < -0.39 is 0 Å². The molecule has 0 radical (unpaired) electrons. The van der Waals surface area contributed by atoms with Crippen LogP contribution in [-0.4, -0.2) is 21.3 Å². The monoisotopic (exact) mass is 248 g/mol. The number of aromatic nitrogens is 3. The third-order valence-electron chi connectivity index (χ3n) is 2.55. The Hall–Kier alpha value is -1.33. The zero-order valence-corrected chi connectivity index (χ0v) is 10.8. The lowest BCUT2D eigenvalue weighted by Gasteiger charge is -2.14. The second-order valence-corrected chi connectivity index (χ2v) is 5.09. The largest absolute Gasteiger partial charge is 0.329 e. The molecule has 1 atom stereocenters. The van der Waals surface area contributed by atoms with Gasteiger partial charge in [0, 0.05) is 18.8 Å². The molecule has 0 aliphatic rings. The van der Waals surface area contributed by atoms with Gasteiger partial charge in [-0.05, 0) is 12.5 Å². The summed E-state index contributed by atoms with van der Waals surface area (Å²) in [5.74, 6) is 0. The third-order valence-corrected chi connectivity index (χ3v) is 3.88. The molecule has 1 heterocycles. The summed E-state index contributed by atoms with van der Waals surface area (Å²) >= 11 is 1.65. The van der Waals surface area contributed by atoms with Gasteiger partial charge in [-0.2, -0.15) is 5.10 Å². The lowest BCUT2D eigenvalue weighted by Crippen LogP contribution is -2.10. The first kappa shape index (κ1) is 12.1. The molecular formula is C12H16N4S. The van der Waals surface area contributed by atoms with Gasteiger partial charge in [0.15, 0.2) is 5.16 Å². The standard InChI is InChI=1S/C12H16N4S/c1-9-4-3-5-10(6-9)11(7-13)17-12-14-8-15-16(12)2/h3-6,8,11H,7,13H2,1-2H3. The number of hydrogen-bond donors (Lipinski definition) is 1. The highest BCUT2D eigenvalue weighted by atomic mass is 32.2. The number of nitrogens with zero attached hydrogens (tertiary/aromatic N) is 3. The third kappa shape index (κ3) is 2.87. The average molecular weight is 248 g/mol. The quantitative estimate of drug-likeness (QED) is 0.840. The summed E-state index contributed by atoms with van der Waals surface area (Å²) in [6.07, 6.45) is 1.56. The van der Waals surface area contributed by atoms with Crippen LogP contribution in [0.2, 0.25) is 0 Å². The molecule has 0 fully saturated rings.